The lowest BCUT2D eigenvalue weighted by Crippen LogP contribution is -2.56. The normalized spacial score (nSPS) is 21.2. The number of nitrogens with one attached hydrogen (secondary N) is 2. The predicted molar refractivity (Wildman–Crippen MR) is 134 cm³/mol. The average molecular weight is 514 g/mol. The first-order chi connectivity index (χ1) is 13.5. The van der Waals surface area contributed by atoms with Crippen LogP contribution in [0.15, 0.2) is 35.3 Å². The van der Waals surface area contributed by atoms with E-state index in [2.05, 4.69) is 76.7 Å². The number of benzene rings is 1. The topological polar surface area (TPSA) is 42.9 Å². The summed E-state index contributed by atoms with van der Waals surface area (Å²) in [5.74, 6) is 1.55. The van der Waals surface area contributed by atoms with Crippen LogP contribution in [0.25, 0.3) is 0 Å². The fourth-order valence-corrected chi connectivity index (χ4v) is 4.58. The van der Waals surface area contributed by atoms with E-state index in [4.69, 9.17) is 0 Å². The van der Waals surface area contributed by atoms with Crippen molar-refractivity contribution in [3.8, 4) is 0 Å². The highest BCUT2D eigenvalue weighted by atomic mass is 127. The van der Waals surface area contributed by atoms with Crippen LogP contribution in [0.5, 0.6) is 0 Å². The van der Waals surface area contributed by atoms with E-state index in [9.17, 15) is 0 Å². The predicted octanol–water partition coefficient (Wildman–Crippen LogP) is 3.16. The van der Waals surface area contributed by atoms with Gasteiger partial charge >= 0.3 is 0 Å². The fourth-order valence-electron chi connectivity index (χ4n) is 4.58. The van der Waals surface area contributed by atoms with Gasteiger partial charge in [-0.15, -0.1) is 24.0 Å². The van der Waals surface area contributed by atoms with Crippen LogP contribution in [-0.2, 0) is 5.41 Å². The zero-order valence-corrected chi connectivity index (χ0v) is 21.0. The summed E-state index contributed by atoms with van der Waals surface area (Å²) < 4.78 is 0. The minimum Gasteiger partial charge on any atom is -0.356 e. The molecule has 1 unspecified atom stereocenters. The SMILES string of the molecule is CN=C(NCC(C(C)C)N1CCN(C)CC1)NCC1(c2ccccc2)CCC1.I. The van der Waals surface area contributed by atoms with Gasteiger partial charge < -0.3 is 15.5 Å². The Morgan fingerprint density at radius 1 is 1.07 bits per heavy atom. The van der Waals surface area contributed by atoms with E-state index in [1.165, 1.54) is 24.8 Å². The van der Waals surface area contributed by atoms with Gasteiger partial charge in [0.25, 0.3) is 0 Å². The first-order valence-electron chi connectivity index (χ1n) is 11.0. The highest BCUT2D eigenvalue weighted by Gasteiger charge is 2.38. The van der Waals surface area contributed by atoms with Gasteiger partial charge in [0.05, 0.1) is 0 Å². The van der Waals surface area contributed by atoms with Gasteiger partial charge in [-0.2, -0.15) is 0 Å². The molecule has 1 aliphatic carbocycles. The van der Waals surface area contributed by atoms with Crippen LogP contribution in [-0.4, -0.2) is 75.2 Å². The molecule has 1 aromatic carbocycles. The zero-order chi connectivity index (χ0) is 20.0. The first kappa shape index (κ1) is 24.4. The Balaban J connectivity index is 0.00000300. The molecule has 1 atom stereocenters. The van der Waals surface area contributed by atoms with Crippen LogP contribution in [0.4, 0.5) is 0 Å². The van der Waals surface area contributed by atoms with Gasteiger partial charge in [-0.3, -0.25) is 9.89 Å². The molecule has 6 heteroatoms. The molecule has 5 nitrogen and oxygen atoms in total. The third-order valence-electron chi connectivity index (χ3n) is 6.77. The first-order valence-corrected chi connectivity index (χ1v) is 11.0. The number of nitrogens with zero attached hydrogens (tertiary/aromatic N) is 3. The minimum absolute atomic E-state index is 0. The number of guanidine groups is 1. The maximum absolute atomic E-state index is 4.50. The standard InChI is InChI=1S/C23H39N5.HI/c1-19(2)21(28-15-13-27(4)14-16-28)17-25-22(24-3)26-18-23(11-8-12-23)20-9-6-5-7-10-20;/h5-7,9-10,19,21H,8,11-18H2,1-4H3,(H2,24,25,26);1H. The third kappa shape index (κ3) is 6.31. The van der Waals surface area contributed by atoms with Crippen molar-refractivity contribution in [2.24, 2.45) is 10.9 Å². The third-order valence-corrected chi connectivity index (χ3v) is 6.77. The quantitative estimate of drug-likeness (QED) is 0.334. The van der Waals surface area contributed by atoms with Gasteiger partial charge in [0.1, 0.15) is 0 Å². The van der Waals surface area contributed by atoms with E-state index in [1.807, 2.05) is 7.05 Å². The second-order valence-corrected chi connectivity index (χ2v) is 8.96. The molecular weight excluding hydrogens is 473 g/mol. The molecule has 2 aliphatic rings. The summed E-state index contributed by atoms with van der Waals surface area (Å²) >= 11 is 0. The largest absolute Gasteiger partial charge is 0.356 e. The van der Waals surface area contributed by atoms with Crippen molar-refractivity contribution in [3.63, 3.8) is 0 Å². The number of likely N-dealkylation sites (N-methyl/N-ethyl adjacent to an activating group) is 1. The van der Waals surface area contributed by atoms with Crippen LogP contribution >= 0.6 is 24.0 Å². The molecule has 0 amide bonds. The van der Waals surface area contributed by atoms with Crippen LogP contribution in [0, 0.1) is 5.92 Å². The molecule has 0 bridgehead atoms. The molecule has 2 N–H and O–H groups in total. The summed E-state index contributed by atoms with van der Waals surface area (Å²) in [6.07, 6.45) is 3.84. The van der Waals surface area contributed by atoms with Gasteiger partial charge in [0, 0.05) is 57.8 Å². The maximum Gasteiger partial charge on any atom is 0.191 e. The van der Waals surface area contributed by atoms with E-state index in [0.717, 1.165) is 45.2 Å². The summed E-state index contributed by atoms with van der Waals surface area (Å²) in [5, 5.41) is 7.24. The van der Waals surface area contributed by atoms with E-state index in [-0.39, 0.29) is 29.4 Å². The van der Waals surface area contributed by atoms with Crippen molar-refractivity contribution < 1.29 is 0 Å². The number of piperazine rings is 1. The lowest BCUT2D eigenvalue weighted by atomic mass is 9.64. The summed E-state index contributed by atoms with van der Waals surface area (Å²) in [6.45, 7) is 11.2. The summed E-state index contributed by atoms with van der Waals surface area (Å²) in [4.78, 5) is 9.56. The number of aliphatic imine (C=N–C) groups is 1. The Kier molecular flexibility index (Phi) is 9.69. The highest BCUT2D eigenvalue weighted by molar-refractivity contribution is 14.0. The monoisotopic (exact) mass is 513 g/mol. The molecule has 164 valence electrons. The van der Waals surface area contributed by atoms with Gasteiger partial charge in [-0.25, -0.2) is 0 Å². The molecule has 2 fully saturated rings. The fraction of sp³-hybridized carbons (Fsp3) is 0.696. The van der Waals surface area contributed by atoms with Crippen molar-refractivity contribution in [2.45, 2.75) is 44.6 Å². The summed E-state index contributed by atoms with van der Waals surface area (Å²) in [5.41, 5.74) is 1.73. The molecular formula is C23H40IN5. The van der Waals surface area contributed by atoms with Gasteiger partial charge in [-0.1, -0.05) is 50.6 Å². The molecule has 1 aromatic rings. The molecule has 1 aliphatic heterocycles. The van der Waals surface area contributed by atoms with E-state index in [1.54, 1.807) is 0 Å². The molecule has 0 spiro atoms. The summed E-state index contributed by atoms with van der Waals surface area (Å²) in [7, 11) is 4.10. The second kappa shape index (κ2) is 11.5. The Labute approximate surface area is 194 Å². The van der Waals surface area contributed by atoms with Crippen molar-refractivity contribution in [3.05, 3.63) is 35.9 Å². The van der Waals surface area contributed by atoms with Crippen LogP contribution in [0.3, 0.4) is 0 Å². The molecule has 0 radical (unpaired) electrons. The Morgan fingerprint density at radius 3 is 2.24 bits per heavy atom. The average Bonchev–Trinajstić information content (AvgIpc) is 2.67. The van der Waals surface area contributed by atoms with Crippen LogP contribution < -0.4 is 10.6 Å². The van der Waals surface area contributed by atoms with E-state index >= 15 is 0 Å². The van der Waals surface area contributed by atoms with Crippen LogP contribution in [0.1, 0.15) is 38.7 Å². The Hall–Kier alpha value is -0.860. The molecule has 1 heterocycles. The zero-order valence-electron chi connectivity index (χ0n) is 18.7. The van der Waals surface area contributed by atoms with Crippen LogP contribution in [0.2, 0.25) is 0 Å². The van der Waals surface area contributed by atoms with Gasteiger partial charge in [-0.05, 0) is 31.4 Å². The Morgan fingerprint density at radius 2 is 1.72 bits per heavy atom. The molecule has 29 heavy (non-hydrogen) atoms. The lowest BCUT2D eigenvalue weighted by molar-refractivity contribution is 0.0899. The number of halogens is 1. The maximum atomic E-state index is 4.50. The van der Waals surface area contributed by atoms with E-state index in [0.29, 0.717) is 12.0 Å². The summed E-state index contributed by atoms with van der Waals surface area (Å²) in [6, 6.07) is 11.5. The number of hydrogen-bond acceptors (Lipinski definition) is 3. The molecule has 1 saturated heterocycles. The van der Waals surface area contributed by atoms with Crippen molar-refractivity contribution in [1.29, 1.82) is 0 Å². The molecule has 3 rings (SSSR count). The molecule has 1 saturated carbocycles. The van der Waals surface area contributed by atoms with E-state index < -0.39 is 0 Å². The van der Waals surface area contributed by atoms with Crippen molar-refractivity contribution in [2.75, 3.05) is 53.4 Å². The van der Waals surface area contributed by atoms with Crippen molar-refractivity contribution >= 4 is 29.9 Å². The van der Waals surface area contributed by atoms with Crippen molar-refractivity contribution in [1.82, 2.24) is 20.4 Å². The van der Waals surface area contributed by atoms with Gasteiger partial charge in [0.15, 0.2) is 5.96 Å². The lowest BCUT2D eigenvalue weighted by Gasteiger charge is -2.43. The molecule has 0 aromatic heterocycles. The minimum atomic E-state index is 0. The Bertz CT molecular complexity index is 621. The highest BCUT2D eigenvalue weighted by Crippen LogP contribution is 2.43. The van der Waals surface area contributed by atoms with Gasteiger partial charge in [0.2, 0.25) is 0 Å². The smallest absolute Gasteiger partial charge is 0.191 e. The number of rotatable bonds is 7. The second-order valence-electron chi connectivity index (χ2n) is 8.96. The number of hydrogen-bond donors (Lipinski definition) is 2.